The average Bonchev–Trinajstić information content (AvgIpc) is 2.31. The molecule has 1 aromatic heterocycles. The second kappa shape index (κ2) is 5.48. The van der Waals surface area contributed by atoms with E-state index in [0.717, 1.165) is 5.56 Å². The molecular formula is C12H10BrClN2O2S. The second-order valence-corrected chi connectivity index (χ2v) is 6.81. The van der Waals surface area contributed by atoms with Crippen LogP contribution in [-0.2, 0) is 10.0 Å². The van der Waals surface area contributed by atoms with Gasteiger partial charge in [0.05, 0.1) is 16.9 Å². The van der Waals surface area contributed by atoms with Crippen LogP contribution in [0, 0.1) is 6.92 Å². The van der Waals surface area contributed by atoms with Crippen LogP contribution in [0.15, 0.2) is 46.0 Å². The van der Waals surface area contributed by atoms with Gasteiger partial charge in [-0.15, -0.1) is 0 Å². The Bertz CT molecular complexity index is 719. The minimum absolute atomic E-state index is 0.151. The fourth-order valence-electron chi connectivity index (χ4n) is 1.48. The maximum atomic E-state index is 12.3. The van der Waals surface area contributed by atoms with E-state index in [1.54, 1.807) is 12.1 Å². The molecule has 2 rings (SSSR count). The molecule has 0 radical (unpaired) electrons. The highest BCUT2D eigenvalue weighted by atomic mass is 79.9. The molecule has 0 saturated carbocycles. The lowest BCUT2D eigenvalue weighted by molar-refractivity contribution is 0.600. The second-order valence-electron chi connectivity index (χ2n) is 3.89. The fourth-order valence-corrected chi connectivity index (χ4v) is 3.94. The Morgan fingerprint density at radius 3 is 2.68 bits per heavy atom. The molecule has 0 aliphatic carbocycles. The summed E-state index contributed by atoms with van der Waals surface area (Å²) in [6.07, 6.45) is 2.85. The molecule has 1 N–H and O–H groups in total. The first-order valence-corrected chi connectivity index (χ1v) is 7.94. The summed E-state index contributed by atoms with van der Waals surface area (Å²) in [5.74, 6) is 0. The van der Waals surface area contributed by atoms with Gasteiger partial charge in [-0.2, -0.15) is 0 Å². The lowest BCUT2D eigenvalue weighted by Gasteiger charge is -2.10. The Labute approximate surface area is 125 Å². The molecule has 1 heterocycles. The zero-order valence-corrected chi connectivity index (χ0v) is 13.1. The summed E-state index contributed by atoms with van der Waals surface area (Å²) in [7, 11) is -3.70. The molecule has 0 bridgehead atoms. The third-order valence-electron chi connectivity index (χ3n) is 2.39. The summed E-state index contributed by atoms with van der Waals surface area (Å²) in [6, 6.07) is 6.51. The van der Waals surface area contributed by atoms with Crippen LogP contribution in [-0.4, -0.2) is 13.4 Å². The molecule has 4 nitrogen and oxygen atoms in total. The lowest BCUT2D eigenvalue weighted by atomic mass is 10.2. The highest BCUT2D eigenvalue weighted by Crippen LogP contribution is 2.27. The summed E-state index contributed by atoms with van der Waals surface area (Å²) in [6.45, 7) is 1.88. The van der Waals surface area contributed by atoms with E-state index >= 15 is 0 Å². The summed E-state index contributed by atoms with van der Waals surface area (Å²) < 4.78 is 27.4. The zero-order valence-electron chi connectivity index (χ0n) is 9.89. The summed E-state index contributed by atoms with van der Waals surface area (Å²) >= 11 is 9.15. The van der Waals surface area contributed by atoms with Gasteiger partial charge in [-0.3, -0.25) is 9.71 Å². The maximum absolute atomic E-state index is 12.3. The van der Waals surface area contributed by atoms with Crippen LogP contribution in [0.3, 0.4) is 0 Å². The van der Waals surface area contributed by atoms with Gasteiger partial charge in [0.1, 0.15) is 4.90 Å². The molecule has 0 spiro atoms. The number of pyridine rings is 1. The SMILES string of the molecule is Cc1ccc(S(=O)(=O)Nc2cnccc2Cl)c(Br)c1. The van der Waals surface area contributed by atoms with E-state index in [4.69, 9.17) is 11.6 Å². The van der Waals surface area contributed by atoms with Gasteiger partial charge in [0.2, 0.25) is 0 Å². The number of benzene rings is 1. The fraction of sp³-hybridized carbons (Fsp3) is 0.0833. The van der Waals surface area contributed by atoms with Crippen molar-refractivity contribution in [1.82, 2.24) is 4.98 Å². The quantitative estimate of drug-likeness (QED) is 0.908. The Morgan fingerprint density at radius 2 is 2.05 bits per heavy atom. The van der Waals surface area contributed by atoms with Gasteiger partial charge in [0.25, 0.3) is 10.0 Å². The van der Waals surface area contributed by atoms with E-state index in [2.05, 4.69) is 25.6 Å². The number of sulfonamides is 1. The van der Waals surface area contributed by atoms with E-state index in [-0.39, 0.29) is 10.6 Å². The average molecular weight is 362 g/mol. The molecule has 1 aromatic carbocycles. The zero-order chi connectivity index (χ0) is 14.0. The number of nitrogens with one attached hydrogen (secondary N) is 1. The number of aromatic nitrogens is 1. The molecule has 0 fully saturated rings. The molecule has 0 aliphatic heterocycles. The number of anilines is 1. The normalized spacial score (nSPS) is 11.3. The third kappa shape index (κ3) is 3.26. The number of aryl methyl sites for hydroxylation is 1. The van der Waals surface area contributed by atoms with Crippen molar-refractivity contribution in [3.05, 3.63) is 51.7 Å². The smallest absolute Gasteiger partial charge is 0.263 e. The summed E-state index contributed by atoms with van der Waals surface area (Å²) in [4.78, 5) is 3.99. The molecule has 100 valence electrons. The predicted octanol–water partition coefficient (Wildman–Crippen LogP) is 3.61. The van der Waals surface area contributed by atoms with E-state index in [1.807, 2.05) is 6.92 Å². The van der Waals surface area contributed by atoms with E-state index in [1.165, 1.54) is 24.5 Å². The number of hydrogen-bond donors (Lipinski definition) is 1. The lowest BCUT2D eigenvalue weighted by Crippen LogP contribution is -2.14. The predicted molar refractivity (Wildman–Crippen MR) is 78.9 cm³/mol. The first-order valence-electron chi connectivity index (χ1n) is 5.28. The Kier molecular flexibility index (Phi) is 4.13. The number of halogens is 2. The Balaban J connectivity index is 2.41. The van der Waals surface area contributed by atoms with E-state index in [0.29, 0.717) is 9.50 Å². The molecule has 0 atom stereocenters. The van der Waals surface area contributed by atoms with Crippen molar-refractivity contribution in [1.29, 1.82) is 0 Å². The molecule has 0 unspecified atom stereocenters. The molecule has 0 amide bonds. The van der Waals surface area contributed by atoms with Crippen LogP contribution in [0.2, 0.25) is 5.02 Å². The summed E-state index contributed by atoms with van der Waals surface area (Å²) in [5, 5.41) is 0.293. The van der Waals surface area contributed by atoms with Crippen molar-refractivity contribution in [3.8, 4) is 0 Å². The highest BCUT2D eigenvalue weighted by Gasteiger charge is 2.18. The van der Waals surface area contributed by atoms with Crippen molar-refractivity contribution in [3.63, 3.8) is 0 Å². The standard InChI is InChI=1S/C12H10BrClN2O2S/c1-8-2-3-12(9(13)6-8)19(17,18)16-11-7-15-5-4-10(11)14/h2-7,16H,1H3. The van der Waals surface area contributed by atoms with Crippen molar-refractivity contribution in [2.45, 2.75) is 11.8 Å². The van der Waals surface area contributed by atoms with Gasteiger partial charge in [-0.1, -0.05) is 17.7 Å². The van der Waals surface area contributed by atoms with Crippen LogP contribution < -0.4 is 4.72 Å². The summed E-state index contributed by atoms with van der Waals surface area (Å²) in [5.41, 5.74) is 1.21. The van der Waals surface area contributed by atoms with Crippen molar-refractivity contribution >= 4 is 43.2 Å². The molecule has 0 saturated heterocycles. The van der Waals surface area contributed by atoms with Crippen molar-refractivity contribution in [2.24, 2.45) is 0 Å². The van der Waals surface area contributed by atoms with Gasteiger partial charge in [0.15, 0.2) is 0 Å². The Hall–Kier alpha value is -1.11. The minimum Gasteiger partial charge on any atom is -0.277 e. The van der Waals surface area contributed by atoms with Crippen LogP contribution in [0.25, 0.3) is 0 Å². The number of nitrogens with zero attached hydrogens (tertiary/aromatic N) is 1. The van der Waals surface area contributed by atoms with Crippen LogP contribution >= 0.6 is 27.5 Å². The van der Waals surface area contributed by atoms with E-state index in [9.17, 15) is 8.42 Å². The maximum Gasteiger partial charge on any atom is 0.263 e. The van der Waals surface area contributed by atoms with Gasteiger partial charge in [0, 0.05) is 10.7 Å². The topological polar surface area (TPSA) is 59.1 Å². The van der Waals surface area contributed by atoms with Crippen LogP contribution in [0.5, 0.6) is 0 Å². The third-order valence-corrected chi connectivity index (χ3v) is 5.06. The number of hydrogen-bond acceptors (Lipinski definition) is 3. The minimum atomic E-state index is -3.70. The van der Waals surface area contributed by atoms with Gasteiger partial charge in [-0.25, -0.2) is 8.42 Å². The van der Waals surface area contributed by atoms with E-state index < -0.39 is 10.0 Å². The first kappa shape index (κ1) is 14.3. The van der Waals surface area contributed by atoms with Gasteiger partial charge in [-0.05, 0) is 46.6 Å². The molecular weight excluding hydrogens is 352 g/mol. The molecule has 7 heteroatoms. The first-order chi connectivity index (χ1) is 8.90. The largest absolute Gasteiger partial charge is 0.277 e. The highest BCUT2D eigenvalue weighted by molar-refractivity contribution is 9.10. The van der Waals surface area contributed by atoms with Crippen LogP contribution in [0.4, 0.5) is 5.69 Å². The van der Waals surface area contributed by atoms with Crippen molar-refractivity contribution < 1.29 is 8.42 Å². The molecule has 2 aromatic rings. The van der Waals surface area contributed by atoms with Gasteiger partial charge >= 0.3 is 0 Å². The van der Waals surface area contributed by atoms with Crippen molar-refractivity contribution in [2.75, 3.05) is 4.72 Å². The van der Waals surface area contributed by atoms with Gasteiger partial charge < -0.3 is 0 Å². The van der Waals surface area contributed by atoms with Crippen LogP contribution in [0.1, 0.15) is 5.56 Å². The number of rotatable bonds is 3. The Morgan fingerprint density at radius 1 is 1.32 bits per heavy atom. The molecule has 19 heavy (non-hydrogen) atoms. The molecule has 0 aliphatic rings. The monoisotopic (exact) mass is 360 g/mol.